The first-order chi connectivity index (χ1) is 9.50. The van der Waals surface area contributed by atoms with Crippen LogP contribution in [0.5, 0.6) is 0 Å². The van der Waals surface area contributed by atoms with Crippen LogP contribution in [-0.4, -0.2) is 27.3 Å². The number of nitro groups is 1. The molecule has 1 N–H and O–H groups in total. The van der Waals surface area contributed by atoms with Crippen molar-refractivity contribution in [2.75, 3.05) is 6.54 Å². The van der Waals surface area contributed by atoms with Gasteiger partial charge in [0.2, 0.25) is 0 Å². The Bertz CT molecular complexity index is 515. The Kier molecular flexibility index (Phi) is 4.65. The zero-order chi connectivity index (χ0) is 14.7. The Balaban J connectivity index is 1.96. The summed E-state index contributed by atoms with van der Waals surface area (Å²) in [6.45, 7) is 0.520. The molecule has 1 aromatic heterocycles. The van der Waals surface area contributed by atoms with Gasteiger partial charge in [-0.15, -0.1) is 11.6 Å². The molecule has 1 aliphatic rings. The molecule has 0 saturated heterocycles. The largest absolute Gasteiger partial charge is 0.358 e. The Hall–Kier alpha value is -1.56. The van der Waals surface area contributed by atoms with E-state index in [0.717, 1.165) is 25.7 Å². The van der Waals surface area contributed by atoms with Gasteiger partial charge >= 0.3 is 5.82 Å². The molecule has 110 valence electrons. The second kappa shape index (κ2) is 6.26. The highest BCUT2D eigenvalue weighted by Crippen LogP contribution is 2.28. The van der Waals surface area contributed by atoms with Gasteiger partial charge in [0.25, 0.3) is 5.91 Å². The number of rotatable bonds is 4. The van der Waals surface area contributed by atoms with Crippen LogP contribution in [0.4, 0.5) is 5.82 Å². The maximum atomic E-state index is 12.1. The molecule has 2 atom stereocenters. The van der Waals surface area contributed by atoms with Crippen molar-refractivity contribution in [1.82, 2.24) is 9.88 Å². The molecular weight excluding hydrogens is 282 g/mol. The Morgan fingerprint density at radius 2 is 2.20 bits per heavy atom. The molecule has 7 heteroatoms. The summed E-state index contributed by atoms with van der Waals surface area (Å²) in [5, 5.41) is 13.7. The van der Waals surface area contributed by atoms with Crippen LogP contribution in [0.25, 0.3) is 0 Å². The van der Waals surface area contributed by atoms with Gasteiger partial charge < -0.3 is 15.4 Å². The number of alkyl halides is 1. The topological polar surface area (TPSA) is 77.2 Å². The van der Waals surface area contributed by atoms with Crippen LogP contribution >= 0.6 is 11.6 Å². The second-order valence-corrected chi connectivity index (χ2v) is 5.72. The van der Waals surface area contributed by atoms with Crippen molar-refractivity contribution < 1.29 is 9.72 Å². The maximum Gasteiger partial charge on any atom is 0.323 e. The first-order valence-electron chi connectivity index (χ1n) is 6.73. The molecule has 20 heavy (non-hydrogen) atoms. The number of hydrogen-bond donors (Lipinski definition) is 1. The summed E-state index contributed by atoms with van der Waals surface area (Å²) in [5.41, 5.74) is 0.290. The molecular formula is C13H18ClN3O3. The zero-order valence-electron chi connectivity index (χ0n) is 11.3. The van der Waals surface area contributed by atoms with Crippen molar-refractivity contribution in [3.05, 3.63) is 27.9 Å². The van der Waals surface area contributed by atoms with Crippen molar-refractivity contribution in [2.45, 2.75) is 31.1 Å². The third-order valence-corrected chi connectivity index (χ3v) is 4.43. The molecule has 6 nitrogen and oxygen atoms in total. The van der Waals surface area contributed by atoms with Crippen LogP contribution in [0.3, 0.4) is 0 Å². The van der Waals surface area contributed by atoms with Crippen molar-refractivity contribution in [3.63, 3.8) is 0 Å². The Morgan fingerprint density at radius 1 is 1.50 bits per heavy atom. The fraction of sp³-hybridized carbons (Fsp3) is 0.615. The van der Waals surface area contributed by atoms with E-state index in [1.807, 2.05) is 0 Å². The van der Waals surface area contributed by atoms with Gasteiger partial charge in [-0.05, 0) is 29.7 Å². The number of aromatic nitrogens is 1. The minimum Gasteiger partial charge on any atom is -0.358 e. The Morgan fingerprint density at radius 3 is 2.80 bits per heavy atom. The molecule has 1 aliphatic carbocycles. The summed E-state index contributed by atoms with van der Waals surface area (Å²) in [7, 11) is 1.51. The summed E-state index contributed by atoms with van der Waals surface area (Å²) in [6, 6.07) is 2.80. The van der Waals surface area contributed by atoms with Crippen molar-refractivity contribution in [2.24, 2.45) is 13.0 Å². The number of hydrogen-bond acceptors (Lipinski definition) is 3. The quantitative estimate of drug-likeness (QED) is 0.527. The van der Waals surface area contributed by atoms with Crippen molar-refractivity contribution in [3.8, 4) is 0 Å². The van der Waals surface area contributed by atoms with Gasteiger partial charge in [0.1, 0.15) is 0 Å². The predicted octanol–water partition coefficient (Wildman–Crippen LogP) is 2.46. The van der Waals surface area contributed by atoms with Crippen LogP contribution in [0.2, 0.25) is 0 Å². The number of amides is 1. The highest BCUT2D eigenvalue weighted by Gasteiger charge is 2.25. The molecule has 1 amide bonds. The second-order valence-electron chi connectivity index (χ2n) is 5.16. The molecule has 1 fully saturated rings. The van der Waals surface area contributed by atoms with E-state index < -0.39 is 4.92 Å². The molecule has 0 aliphatic heterocycles. The van der Waals surface area contributed by atoms with E-state index in [4.69, 9.17) is 11.6 Å². The van der Waals surface area contributed by atoms with Crippen LogP contribution in [-0.2, 0) is 7.05 Å². The molecule has 1 heterocycles. The third-order valence-electron chi connectivity index (χ3n) is 3.86. The smallest absolute Gasteiger partial charge is 0.323 e. The van der Waals surface area contributed by atoms with E-state index in [9.17, 15) is 14.9 Å². The maximum absolute atomic E-state index is 12.1. The number of nitrogens with one attached hydrogen (secondary N) is 1. The first-order valence-corrected chi connectivity index (χ1v) is 7.16. The summed E-state index contributed by atoms with van der Waals surface area (Å²) in [4.78, 5) is 22.3. The minimum atomic E-state index is -0.507. The van der Waals surface area contributed by atoms with Gasteiger partial charge in [-0.25, -0.2) is 4.57 Å². The van der Waals surface area contributed by atoms with E-state index in [0.29, 0.717) is 12.2 Å². The molecule has 0 spiro atoms. The first kappa shape index (κ1) is 14.8. The van der Waals surface area contributed by atoms with Gasteiger partial charge in [-0.2, -0.15) is 0 Å². The lowest BCUT2D eigenvalue weighted by atomic mass is 9.89. The monoisotopic (exact) mass is 299 g/mol. The molecule has 0 aromatic carbocycles. The predicted molar refractivity (Wildman–Crippen MR) is 76.0 cm³/mol. The molecule has 0 bridgehead atoms. The van der Waals surface area contributed by atoms with Gasteiger partial charge in [0.05, 0.1) is 7.05 Å². The molecule has 2 rings (SSSR count). The lowest BCUT2D eigenvalue weighted by Gasteiger charge is -2.26. The lowest BCUT2D eigenvalue weighted by Crippen LogP contribution is -2.35. The standard InChI is InChI=1S/C13H18ClN3O3/c1-16-11(6-7-12(16)17(19)20)13(18)15-8-9-4-2-3-5-10(9)14/h6-7,9-10H,2-5,8H2,1H3,(H,15,18). The van der Waals surface area contributed by atoms with E-state index in [-0.39, 0.29) is 23.0 Å². The number of halogens is 1. The highest BCUT2D eigenvalue weighted by atomic mass is 35.5. The summed E-state index contributed by atoms with van der Waals surface area (Å²) >= 11 is 6.24. The van der Waals surface area contributed by atoms with Crippen molar-refractivity contribution >= 4 is 23.3 Å². The summed E-state index contributed by atoms with van der Waals surface area (Å²) in [5.74, 6) is -0.109. The van der Waals surface area contributed by atoms with E-state index >= 15 is 0 Å². The average molecular weight is 300 g/mol. The van der Waals surface area contributed by atoms with Crippen molar-refractivity contribution in [1.29, 1.82) is 0 Å². The lowest BCUT2D eigenvalue weighted by molar-refractivity contribution is -0.391. The van der Waals surface area contributed by atoms with E-state index in [1.165, 1.54) is 23.7 Å². The molecule has 1 aromatic rings. The minimum absolute atomic E-state index is 0.0944. The fourth-order valence-electron chi connectivity index (χ4n) is 2.62. The molecule has 1 saturated carbocycles. The van der Waals surface area contributed by atoms with Crippen LogP contribution < -0.4 is 5.32 Å². The van der Waals surface area contributed by atoms with E-state index in [2.05, 4.69) is 5.32 Å². The molecule has 0 radical (unpaired) electrons. The number of carbonyl (C=O) groups is 1. The summed E-state index contributed by atoms with van der Waals surface area (Å²) in [6.07, 6.45) is 4.28. The van der Waals surface area contributed by atoms with Gasteiger partial charge in [-0.1, -0.05) is 12.8 Å². The number of carbonyl (C=O) groups excluding carboxylic acids is 1. The highest BCUT2D eigenvalue weighted by molar-refractivity contribution is 6.20. The number of nitrogens with zero attached hydrogens (tertiary/aromatic N) is 2. The SMILES string of the molecule is Cn1c(C(=O)NCC2CCCCC2Cl)ccc1[N+](=O)[O-]. The van der Waals surface area contributed by atoms with Crippen LogP contribution in [0.15, 0.2) is 12.1 Å². The average Bonchev–Trinajstić information content (AvgIpc) is 2.79. The molecule has 2 unspecified atom stereocenters. The van der Waals surface area contributed by atoms with Gasteiger partial charge in [0.15, 0.2) is 5.69 Å². The van der Waals surface area contributed by atoms with E-state index in [1.54, 1.807) is 0 Å². The third kappa shape index (κ3) is 3.12. The zero-order valence-corrected chi connectivity index (χ0v) is 12.1. The van der Waals surface area contributed by atoms with Gasteiger partial charge in [-0.3, -0.25) is 4.79 Å². The van der Waals surface area contributed by atoms with Crippen LogP contribution in [0, 0.1) is 16.0 Å². The Labute approximate surface area is 122 Å². The van der Waals surface area contributed by atoms with Crippen LogP contribution in [0.1, 0.15) is 36.2 Å². The normalized spacial score (nSPS) is 22.5. The summed E-state index contributed by atoms with van der Waals surface area (Å²) < 4.78 is 1.29. The van der Waals surface area contributed by atoms with Gasteiger partial charge in [0, 0.05) is 18.0 Å². The fourth-order valence-corrected chi connectivity index (χ4v) is 2.99.